The molecule has 1 rings (SSSR count). The third-order valence-electron chi connectivity index (χ3n) is 1.04. The van der Waals surface area contributed by atoms with Gasteiger partial charge in [0.2, 0.25) is 5.78 Å². The molecule has 0 unspecified atom stereocenters. The Bertz CT molecular complexity index is 264. The van der Waals surface area contributed by atoms with Crippen LogP contribution in [-0.4, -0.2) is 20.8 Å². The van der Waals surface area contributed by atoms with Gasteiger partial charge in [0.15, 0.2) is 5.69 Å². The van der Waals surface area contributed by atoms with E-state index >= 15 is 0 Å². The summed E-state index contributed by atoms with van der Waals surface area (Å²) in [5, 5.41) is 7.16. The summed E-state index contributed by atoms with van der Waals surface area (Å²) in [6.07, 6.45) is 2.76. The first-order valence-corrected chi connectivity index (χ1v) is 2.77. The van der Waals surface area contributed by atoms with Crippen LogP contribution >= 0.6 is 0 Å². The van der Waals surface area contributed by atoms with Gasteiger partial charge in [-0.1, -0.05) is 11.8 Å². The number of nitrogens with zero attached hydrogens (tertiary/aromatic N) is 3. The highest BCUT2D eigenvalue weighted by Crippen LogP contribution is 1.92. The summed E-state index contributed by atoms with van der Waals surface area (Å²) in [5.74, 6) is -0.201. The minimum Gasteiger partial charge on any atom is -0.287 e. The van der Waals surface area contributed by atoms with Crippen LogP contribution in [-0.2, 0) is 7.05 Å². The highest BCUT2D eigenvalue weighted by Gasteiger charge is 2.03. The maximum atomic E-state index is 10.8. The molecule has 0 aromatic carbocycles. The maximum Gasteiger partial charge on any atom is 0.207 e. The smallest absolute Gasteiger partial charge is 0.207 e. The molecule has 52 valence electrons. The molecule has 0 spiro atoms. The molecule has 0 fully saturated rings. The van der Waals surface area contributed by atoms with Gasteiger partial charge in [0, 0.05) is 7.05 Å². The van der Waals surface area contributed by atoms with Gasteiger partial charge in [-0.25, -0.2) is 0 Å². The standard InChI is InChI=1S/C6H7N3O/c1-3-6(10)5-4-9(2)8-7-5/h3-4H,1H2,2H3. The number of ketones is 1. The Hall–Kier alpha value is -1.45. The number of hydrogen-bond donors (Lipinski definition) is 0. The SMILES string of the molecule is C=CC(=O)c1cn(C)nn1. The van der Waals surface area contributed by atoms with E-state index in [0.717, 1.165) is 0 Å². The van der Waals surface area contributed by atoms with Crippen molar-refractivity contribution in [3.63, 3.8) is 0 Å². The topological polar surface area (TPSA) is 47.8 Å². The molecular formula is C6H7N3O. The average molecular weight is 137 g/mol. The molecule has 1 aromatic rings. The molecule has 0 bridgehead atoms. The third kappa shape index (κ3) is 1.10. The largest absolute Gasteiger partial charge is 0.287 e. The van der Waals surface area contributed by atoms with Gasteiger partial charge in [0.1, 0.15) is 0 Å². The maximum absolute atomic E-state index is 10.8. The van der Waals surface area contributed by atoms with Gasteiger partial charge in [-0.15, -0.1) is 5.10 Å². The van der Waals surface area contributed by atoms with Gasteiger partial charge < -0.3 is 0 Å². The lowest BCUT2D eigenvalue weighted by molar-refractivity contribution is 0.104. The number of carbonyl (C=O) groups is 1. The lowest BCUT2D eigenvalue weighted by Gasteiger charge is -1.80. The molecule has 4 nitrogen and oxygen atoms in total. The normalized spacial score (nSPS) is 9.30. The van der Waals surface area contributed by atoms with Crippen molar-refractivity contribution in [2.45, 2.75) is 0 Å². The molecule has 1 aromatic heterocycles. The quantitative estimate of drug-likeness (QED) is 0.431. The summed E-state index contributed by atoms with van der Waals surface area (Å²) in [6.45, 7) is 3.32. The Morgan fingerprint density at radius 2 is 2.60 bits per heavy atom. The zero-order chi connectivity index (χ0) is 7.56. The minimum atomic E-state index is -0.201. The Labute approximate surface area is 58.2 Å². The van der Waals surface area contributed by atoms with Gasteiger partial charge in [-0.05, 0) is 6.08 Å². The molecule has 0 N–H and O–H groups in total. The van der Waals surface area contributed by atoms with Crippen molar-refractivity contribution in [3.8, 4) is 0 Å². The van der Waals surface area contributed by atoms with E-state index in [2.05, 4.69) is 16.9 Å². The second-order valence-corrected chi connectivity index (χ2v) is 1.85. The second-order valence-electron chi connectivity index (χ2n) is 1.85. The van der Waals surface area contributed by atoms with Gasteiger partial charge in [-0.2, -0.15) is 0 Å². The molecule has 10 heavy (non-hydrogen) atoms. The number of rotatable bonds is 2. The Balaban J connectivity index is 2.95. The van der Waals surface area contributed by atoms with E-state index in [1.807, 2.05) is 0 Å². The predicted octanol–water partition coefficient (Wildman–Crippen LogP) is 0.184. The molecule has 0 amide bonds. The van der Waals surface area contributed by atoms with Gasteiger partial charge in [0.25, 0.3) is 0 Å². The molecule has 0 saturated carbocycles. The molecular weight excluding hydrogens is 130 g/mol. The van der Waals surface area contributed by atoms with Gasteiger partial charge >= 0.3 is 0 Å². The lowest BCUT2D eigenvalue weighted by Crippen LogP contribution is -1.92. The highest BCUT2D eigenvalue weighted by molar-refractivity contribution is 6.02. The Kier molecular flexibility index (Phi) is 1.62. The van der Waals surface area contributed by atoms with E-state index in [4.69, 9.17) is 0 Å². The van der Waals surface area contributed by atoms with Crippen molar-refractivity contribution < 1.29 is 4.79 Å². The fraction of sp³-hybridized carbons (Fsp3) is 0.167. The van der Waals surface area contributed by atoms with Crippen LogP contribution < -0.4 is 0 Å². The van der Waals surface area contributed by atoms with Crippen LogP contribution in [0.5, 0.6) is 0 Å². The molecule has 0 aliphatic carbocycles. The van der Waals surface area contributed by atoms with Crippen LogP contribution in [0.2, 0.25) is 0 Å². The number of allylic oxidation sites excluding steroid dienone is 1. The summed E-state index contributed by atoms with van der Waals surface area (Å²) in [6, 6.07) is 0. The van der Waals surface area contributed by atoms with Gasteiger partial charge in [-0.3, -0.25) is 9.48 Å². The van der Waals surface area contributed by atoms with E-state index < -0.39 is 0 Å². The molecule has 0 aliphatic heterocycles. The van der Waals surface area contributed by atoms with Crippen molar-refractivity contribution in [2.24, 2.45) is 7.05 Å². The Morgan fingerprint density at radius 1 is 1.90 bits per heavy atom. The van der Waals surface area contributed by atoms with Crippen molar-refractivity contribution in [3.05, 3.63) is 24.5 Å². The summed E-state index contributed by atoms with van der Waals surface area (Å²) < 4.78 is 1.47. The number of aryl methyl sites for hydroxylation is 1. The fourth-order valence-corrected chi connectivity index (χ4v) is 0.565. The van der Waals surface area contributed by atoms with Crippen LogP contribution in [0.25, 0.3) is 0 Å². The number of hydrogen-bond acceptors (Lipinski definition) is 3. The van der Waals surface area contributed by atoms with Crippen LogP contribution in [0.15, 0.2) is 18.9 Å². The van der Waals surface area contributed by atoms with Crippen molar-refractivity contribution in [1.82, 2.24) is 15.0 Å². The summed E-state index contributed by atoms with van der Waals surface area (Å²) in [4.78, 5) is 10.8. The van der Waals surface area contributed by atoms with E-state index in [1.54, 1.807) is 13.2 Å². The first-order chi connectivity index (χ1) is 4.74. The molecule has 0 atom stereocenters. The van der Waals surface area contributed by atoms with Crippen LogP contribution in [0.4, 0.5) is 0 Å². The zero-order valence-electron chi connectivity index (χ0n) is 5.61. The minimum absolute atomic E-state index is 0.201. The first kappa shape index (κ1) is 6.67. The zero-order valence-corrected chi connectivity index (χ0v) is 5.61. The monoisotopic (exact) mass is 137 g/mol. The summed E-state index contributed by atoms with van der Waals surface area (Å²) >= 11 is 0. The Morgan fingerprint density at radius 3 is 3.00 bits per heavy atom. The first-order valence-electron chi connectivity index (χ1n) is 2.77. The number of aromatic nitrogens is 3. The lowest BCUT2D eigenvalue weighted by atomic mass is 10.3. The second kappa shape index (κ2) is 2.43. The third-order valence-corrected chi connectivity index (χ3v) is 1.04. The van der Waals surface area contributed by atoms with Crippen molar-refractivity contribution in [1.29, 1.82) is 0 Å². The van der Waals surface area contributed by atoms with Crippen LogP contribution in [0, 0.1) is 0 Å². The average Bonchev–Trinajstić information content (AvgIpc) is 2.34. The van der Waals surface area contributed by atoms with Crippen LogP contribution in [0.3, 0.4) is 0 Å². The van der Waals surface area contributed by atoms with Crippen LogP contribution in [0.1, 0.15) is 10.5 Å². The van der Waals surface area contributed by atoms with Crippen molar-refractivity contribution >= 4 is 5.78 Å². The predicted molar refractivity (Wildman–Crippen MR) is 35.5 cm³/mol. The fourth-order valence-electron chi connectivity index (χ4n) is 0.565. The van der Waals surface area contributed by atoms with Crippen molar-refractivity contribution in [2.75, 3.05) is 0 Å². The number of carbonyl (C=O) groups excluding carboxylic acids is 1. The summed E-state index contributed by atoms with van der Waals surface area (Å²) in [5.41, 5.74) is 0.331. The van der Waals surface area contributed by atoms with Gasteiger partial charge in [0.05, 0.1) is 6.20 Å². The van der Waals surface area contributed by atoms with E-state index in [1.165, 1.54) is 10.8 Å². The highest BCUT2D eigenvalue weighted by atomic mass is 16.1. The van der Waals surface area contributed by atoms with E-state index in [-0.39, 0.29) is 5.78 Å². The molecule has 0 radical (unpaired) electrons. The van der Waals surface area contributed by atoms with E-state index in [0.29, 0.717) is 5.69 Å². The molecule has 1 heterocycles. The molecule has 0 aliphatic rings. The molecule has 0 saturated heterocycles. The summed E-state index contributed by atoms with van der Waals surface area (Å²) in [7, 11) is 1.70. The molecule has 4 heteroatoms. The van der Waals surface area contributed by atoms with E-state index in [9.17, 15) is 4.79 Å².